The number of hydrogen-bond donors (Lipinski definition) is 1. The normalized spacial score (nSPS) is 31.1. The van der Waals surface area contributed by atoms with Crippen LogP contribution in [0.15, 0.2) is 53.5 Å². The number of nitrogens with one attached hydrogen (secondary N) is 1. The summed E-state index contributed by atoms with van der Waals surface area (Å²) in [6, 6.07) is 14.5. The molecule has 2 aromatic rings. The van der Waals surface area contributed by atoms with Gasteiger partial charge in [0.05, 0.1) is 12.8 Å². The van der Waals surface area contributed by atoms with E-state index in [1.165, 1.54) is 50.3 Å². The van der Waals surface area contributed by atoms with Crippen LogP contribution in [-0.2, 0) is 9.59 Å². The van der Waals surface area contributed by atoms with Gasteiger partial charge < -0.3 is 10.1 Å². The highest BCUT2D eigenvalue weighted by Gasteiger charge is 2.51. The Kier molecular flexibility index (Phi) is 7.16. The number of benzene rings is 2. The van der Waals surface area contributed by atoms with Crippen molar-refractivity contribution < 1.29 is 14.3 Å². The molecule has 6 nitrogen and oxygen atoms in total. The van der Waals surface area contributed by atoms with Crippen LogP contribution in [0.1, 0.15) is 51.4 Å². The van der Waals surface area contributed by atoms with Crippen molar-refractivity contribution in [2.24, 2.45) is 28.2 Å². The number of carbonyl (C=O) groups is 2. The van der Waals surface area contributed by atoms with Crippen LogP contribution in [0.25, 0.3) is 0 Å². The third-order valence-electron chi connectivity index (χ3n) is 8.87. The molecule has 1 atom stereocenters. The van der Waals surface area contributed by atoms with Crippen molar-refractivity contribution in [3.63, 3.8) is 0 Å². The van der Waals surface area contributed by atoms with E-state index in [0.29, 0.717) is 27.8 Å². The third-order valence-corrected chi connectivity index (χ3v) is 10.3. The maximum absolute atomic E-state index is 13.5. The molecule has 4 aliphatic carbocycles. The first-order chi connectivity index (χ1) is 18.4. The Bertz CT molecular complexity index is 1200. The van der Waals surface area contributed by atoms with Crippen molar-refractivity contribution in [1.29, 1.82) is 0 Å². The maximum Gasteiger partial charge on any atom is 0.238 e. The van der Waals surface area contributed by atoms with Crippen LogP contribution in [0.4, 0.5) is 11.4 Å². The fourth-order valence-electron chi connectivity index (χ4n) is 7.53. The second-order valence-electron chi connectivity index (χ2n) is 11.6. The summed E-state index contributed by atoms with van der Waals surface area (Å²) in [6.45, 7) is 0.664. The van der Waals surface area contributed by atoms with E-state index in [4.69, 9.17) is 21.3 Å². The number of halogens is 1. The van der Waals surface area contributed by atoms with E-state index in [2.05, 4.69) is 5.32 Å². The fourth-order valence-corrected chi connectivity index (χ4v) is 8.78. The molecule has 1 saturated heterocycles. The number of ether oxygens (including phenoxy) is 1. The quantitative estimate of drug-likeness (QED) is 0.405. The number of nitrogens with zero attached hydrogens (tertiary/aromatic N) is 2. The van der Waals surface area contributed by atoms with Gasteiger partial charge in [0, 0.05) is 23.7 Å². The van der Waals surface area contributed by atoms with Gasteiger partial charge >= 0.3 is 0 Å². The summed E-state index contributed by atoms with van der Waals surface area (Å²) in [6.07, 6.45) is 9.34. The second-order valence-corrected chi connectivity index (χ2v) is 13.2. The van der Waals surface area contributed by atoms with Crippen molar-refractivity contribution in [2.45, 2.75) is 56.6 Å². The van der Waals surface area contributed by atoms with E-state index >= 15 is 0 Å². The Morgan fingerprint density at radius 1 is 1.05 bits per heavy atom. The predicted molar refractivity (Wildman–Crippen MR) is 153 cm³/mol. The van der Waals surface area contributed by atoms with Crippen LogP contribution < -0.4 is 10.1 Å². The van der Waals surface area contributed by atoms with Gasteiger partial charge in [-0.1, -0.05) is 23.4 Å². The van der Waals surface area contributed by atoms with Crippen LogP contribution in [-0.4, -0.2) is 40.8 Å². The number of amides is 2. The molecule has 7 rings (SSSR count). The second kappa shape index (κ2) is 10.6. The van der Waals surface area contributed by atoms with Crippen LogP contribution in [0, 0.1) is 23.2 Å². The number of thioether (sulfide) groups is 1. The lowest BCUT2D eigenvalue weighted by molar-refractivity contribution is -0.130. The Balaban J connectivity index is 1.20. The van der Waals surface area contributed by atoms with Crippen LogP contribution in [0.3, 0.4) is 0 Å². The minimum atomic E-state index is -0.550. The Morgan fingerprint density at radius 3 is 2.29 bits per heavy atom. The molecule has 0 radical (unpaired) electrons. The monoisotopic (exact) mass is 551 g/mol. The van der Waals surface area contributed by atoms with E-state index in [1.54, 1.807) is 43.5 Å². The van der Waals surface area contributed by atoms with Gasteiger partial charge in [-0.15, -0.1) is 0 Å². The zero-order chi connectivity index (χ0) is 26.3. The summed E-state index contributed by atoms with van der Waals surface area (Å²) in [5.41, 5.74) is 1.76. The molecule has 5 fully saturated rings. The molecule has 1 heterocycles. The summed E-state index contributed by atoms with van der Waals surface area (Å²) < 4.78 is 5.20. The highest BCUT2D eigenvalue weighted by molar-refractivity contribution is 8.15. The Hall–Kier alpha value is -2.51. The number of anilines is 1. The molecule has 8 heteroatoms. The maximum atomic E-state index is 13.5. The molecule has 0 unspecified atom stereocenters. The zero-order valence-electron chi connectivity index (χ0n) is 21.7. The van der Waals surface area contributed by atoms with E-state index < -0.39 is 5.25 Å². The van der Waals surface area contributed by atoms with Crippen LogP contribution in [0.5, 0.6) is 5.75 Å². The SMILES string of the molecule is COc1ccc(NC(=O)[C@H]2CC(=O)N(CCC34CC5CC(CC(C5)C3)C4)C(=Nc3ccc(Cl)cc3)S2)cc1. The molecule has 4 bridgehead atoms. The van der Waals surface area contributed by atoms with Crippen molar-refractivity contribution in [2.75, 3.05) is 19.0 Å². The van der Waals surface area contributed by atoms with E-state index in [-0.39, 0.29) is 18.2 Å². The van der Waals surface area contributed by atoms with Gasteiger partial charge in [0.25, 0.3) is 0 Å². The molecule has 1 aliphatic heterocycles. The Morgan fingerprint density at radius 2 is 1.68 bits per heavy atom. The summed E-state index contributed by atoms with van der Waals surface area (Å²) in [5, 5.41) is 3.64. The molecule has 0 spiro atoms. The lowest BCUT2D eigenvalue weighted by Gasteiger charge is -2.57. The number of amidine groups is 1. The van der Waals surface area contributed by atoms with Crippen molar-refractivity contribution in [3.8, 4) is 5.75 Å². The van der Waals surface area contributed by atoms with Gasteiger partial charge in [-0.2, -0.15) is 0 Å². The van der Waals surface area contributed by atoms with E-state index in [1.807, 2.05) is 17.0 Å². The smallest absolute Gasteiger partial charge is 0.238 e. The summed E-state index contributed by atoms with van der Waals surface area (Å²) in [4.78, 5) is 33.4. The average Bonchev–Trinajstić information content (AvgIpc) is 2.89. The number of methoxy groups -OCH3 is 1. The fraction of sp³-hybridized carbons (Fsp3) is 0.500. The first kappa shape index (κ1) is 25.8. The van der Waals surface area contributed by atoms with Crippen LogP contribution >= 0.6 is 23.4 Å². The molecule has 2 amide bonds. The molecule has 1 N–H and O–H groups in total. The van der Waals surface area contributed by atoms with Crippen molar-refractivity contribution in [3.05, 3.63) is 53.6 Å². The highest BCUT2D eigenvalue weighted by atomic mass is 35.5. The first-order valence-electron chi connectivity index (χ1n) is 13.6. The molecule has 0 aromatic heterocycles. The van der Waals surface area contributed by atoms with Gasteiger partial charge in [-0.25, -0.2) is 4.99 Å². The van der Waals surface area contributed by atoms with Gasteiger partial charge in [-0.05, 0) is 117 Å². The largest absolute Gasteiger partial charge is 0.497 e. The molecule has 38 heavy (non-hydrogen) atoms. The minimum Gasteiger partial charge on any atom is -0.497 e. The number of aliphatic imine (C=N–C) groups is 1. The molecule has 5 aliphatic rings. The zero-order valence-corrected chi connectivity index (χ0v) is 23.3. The molecular weight excluding hydrogens is 518 g/mol. The number of hydrogen-bond acceptors (Lipinski definition) is 5. The minimum absolute atomic E-state index is 0.0314. The van der Waals surface area contributed by atoms with Crippen LogP contribution in [0.2, 0.25) is 5.02 Å². The van der Waals surface area contributed by atoms with E-state index in [0.717, 1.165) is 35.6 Å². The van der Waals surface area contributed by atoms with E-state index in [9.17, 15) is 9.59 Å². The number of carbonyl (C=O) groups excluding carboxylic acids is 2. The predicted octanol–water partition coefficient (Wildman–Crippen LogP) is 6.92. The molecule has 200 valence electrons. The summed E-state index contributed by atoms with van der Waals surface area (Å²) in [7, 11) is 1.61. The first-order valence-corrected chi connectivity index (χ1v) is 14.9. The molecule has 4 saturated carbocycles. The third kappa shape index (κ3) is 5.46. The van der Waals surface area contributed by atoms with Gasteiger partial charge in [0.2, 0.25) is 11.8 Å². The summed E-state index contributed by atoms with van der Waals surface area (Å²) in [5.74, 6) is 3.12. The summed E-state index contributed by atoms with van der Waals surface area (Å²) >= 11 is 7.47. The van der Waals surface area contributed by atoms with Crippen molar-refractivity contribution in [1.82, 2.24) is 4.90 Å². The van der Waals surface area contributed by atoms with Gasteiger partial charge in [0.1, 0.15) is 11.0 Å². The standard InChI is InChI=1S/C30H34ClN3O3S/c1-37-25-8-6-23(7-9-25)32-28(36)26-15-27(35)34(29(38-26)33-24-4-2-22(31)3-5-24)11-10-30-16-19-12-20(17-30)14-21(13-19)18-30/h2-9,19-21,26H,10-18H2,1H3,(H,32,36)/t19?,20?,21?,26-,30?/m1/s1. The van der Waals surface area contributed by atoms with Gasteiger partial charge in [-0.3, -0.25) is 14.5 Å². The lowest BCUT2D eigenvalue weighted by Crippen LogP contribution is -2.50. The highest BCUT2D eigenvalue weighted by Crippen LogP contribution is 2.61. The topological polar surface area (TPSA) is 71.0 Å². The van der Waals surface area contributed by atoms with Gasteiger partial charge in [0.15, 0.2) is 5.17 Å². The average molecular weight is 552 g/mol. The van der Waals surface area contributed by atoms with Crippen molar-refractivity contribution >= 4 is 51.7 Å². The Labute approximate surface area is 233 Å². The molecule has 2 aromatic carbocycles. The lowest BCUT2D eigenvalue weighted by atomic mass is 9.49. The number of rotatable bonds is 7. The molecular formula is C30H34ClN3O3S.